The average molecular weight is 316 g/mol. The van der Waals surface area contributed by atoms with Gasteiger partial charge in [0.15, 0.2) is 0 Å². The smallest absolute Gasteiger partial charge is 0.260 e. The van der Waals surface area contributed by atoms with Gasteiger partial charge in [0.1, 0.15) is 10.1 Å². The third-order valence-corrected chi connectivity index (χ3v) is 4.08. The van der Waals surface area contributed by atoms with Gasteiger partial charge in [-0.3, -0.25) is 4.79 Å². The number of hydrogen-bond acceptors (Lipinski definition) is 3. The molecule has 1 amide bonds. The van der Waals surface area contributed by atoms with Gasteiger partial charge < -0.3 is 10.0 Å². The Morgan fingerprint density at radius 2 is 2.11 bits per heavy atom. The van der Waals surface area contributed by atoms with Gasteiger partial charge in [-0.1, -0.05) is 29.3 Å². The minimum absolute atomic E-state index is 0.109. The quantitative estimate of drug-likeness (QED) is 0.910. The molecule has 0 saturated carbocycles. The number of carbonyl (C=O) groups is 1. The molecule has 2 rings (SSSR count). The molecule has 6 heteroatoms. The average Bonchev–Trinajstić information content (AvgIpc) is 2.69. The third kappa shape index (κ3) is 3.03. The van der Waals surface area contributed by atoms with Crippen molar-refractivity contribution in [3.05, 3.63) is 44.6 Å². The highest BCUT2D eigenvalue weighted by Crippen LogP contribution is 2.33. The normalized spacial score (nSPS) is 10.5. The number of phenolic OH excluding ortho intramolecular Hbond substituents is 1. The number of phenols is 1. The van der Waals surface area contributed by atoms with Gasteiger partial charge in [0.05, 0.1) is 9.90 Å². The van der Waals surface area contributed by atoms with Crippen molar-refractivity contribution in [2.24, 2.45) is 0 Å². The van der Waals surface area contributed by atoms with Crippen LogP contribution in [0.3, 0.4) is 0 Å². The minimum Gasteiger partial charge on any atom is -0.508 e. The van der Waals surface area contributed by atoms with Gasteiger partial charge in [0, 0.05) is 18.3 Å². The van der Waals surface area contributed by atoms with Crippen molar-refractivity contribution in [1.82, 2.24) is 0 Å². The monoisotopic (exact) mass is 315 g/mol. The topological polar surface area (TPSA) is 40.5 Å². The highest BCUT2D eigenvalue weighted by atomic mass is 35.5. The van der Waals surface area contributed by atoms with Crippen LogP contribution in [-0.2, 0) is 0 Å². The molecule has 0 radical (unpaired) electrons. The number of aromatic hydroxyl groups is 1. The minimum atomic E-state index is -0.235. The number of nitrogens with zero attached hydrogens (tertiary/aromatic N) is 1. The molecule has 0 unspecified atom stereocenters. The van der Waals surface area contributed by atoms with E-state index < -0.39 is 0 Å². The zero-order valence-corrected chi connectivity index (χ0v) is 12.4. The number of rotatable bonds is 3. The van der Waals surface area contributed by atoms with Gasteiger partial charge in [-0.05, 0) is 25.1 Å². The Morgan fingerprint density at radius 3 is 2.63 bits per heavy atom. The molecular formula is C13H11Cl2NO2S. The summed E-state index contributed by atoms with van der Waals surface area (Å²) in [6, 6.07) is 8.08. The highest BCUT2D eigenvalue weighted by Gasteiger charge is 2.21. The maximum Gasteiger partial charge on any atom is 0.260 e. The van der Waals surface area contributed by atoms with Crippen molar-refractivity contribution in [3.63, 3.8) is 0 Å². The van der Waals surface area contributed by atoms with Crippen LogP contribution >= 0.6 is 34.5 Å². The molecule has 0 fully saturated rings. The first-order valence-electron chi connectivity index (χ1n) is 5.58. The van der Waals surface area contributed by atoms with Crippen molar-refractivity contribution >= 4 is 46.1 Å². The van der Waals surface area contributed by atoms with Crippen molar-refractivity contribution in [2.75, 3.05) is 11.4 Å². The van der Waals surface area contributed by atoms with Crippen LogP contribution in [0.15, 0.2) is 30.3 Å². The fourth-order valence-electron chi connectivity index (χ4n) is 1.74. The molecule has 0 bridgehead atoms. The Bertz CT molecular complexity index is 612. The maximum absolute atomic E-state index is 12.4. The van der Waals surface area contributed by atoms with Gasteiger partial charge in [-0.15, -0.1) is 11.3 Å². The van der Waals surface area contributed by atoms with Crippen LogP contribution in [0.2, 0.25) is 8.67 Å². The van der Waals surface area contributed by atoms with E-state index in [0.29, 0.717) is 26.5 Å². The van der Waals surface area contributed by atoms with E-state index in [4.69, 9.17) is 23.2 Å². The lowest BCUT2D eigenvalue weighted by Crippen LogP contribution is -2.30. The number of hydrogen-bond donors (Lipinski definition) is 1. The predicted molar refractivity (Wildman–Crippen MR) is 79.8 cm³/mol. The summed E-state index contributed by atoms with van der Waals surface area (Å²) in [5.41, 5.74) is 0.993. The van der Waals surface area contributed by atoms with E-state index in [1.807, 2.05) is 6.92 Å². The van der Waals surface area contributed by atoms with E-state index in [0.717, 1.165) is 11.3 Å². The van der Waals surface area contributed by atoms with Gasteiger partial charge in [0.2, 0.25) is 0 Å². The molecule has 0 spiro atoms. The summed E-state index contributed by atoms with van der Waals surface area (Å²) in [4.78, 5) is 14.0. The second-order valence-corrected chi connectivity index (χ2v) is 6.09. The molecule has 0 aliphatic heterocycles. The van der Waals surface area contributed by atoms with E-state index >= 15 is 0 Å². The molecule has 1 aromatic heterocycles. The molecule has 0 atom stereocenters. The summed E-state index contributed by atoms with van der Waals surface area (Å²) in [6.07, 6.45) is 0. The third-order valence-electron chi connectivity index (χ3n) is 2.59. The van der Waals surface area contributed by atoms with Crippen LogP contribution in [0.4, 0.5) is 5.69 Å². The number of thiophene rings is 1. The first-order chi connectivity index (χ1) is 9.02. The lowest BCUT2D eigenvalue weighted by atomic mass is 10.2. The molecule has 19 heavy (non-hydrogen) atoms. The summed E-state index contributed by atoms with van der Waals surface area (Å²) >= 11 is 13.0. The standard InChI is InChI=1S/C13H11Cl2NO2S/c1-2-16(8-4-3-5-9(17)6-8)13(18)10-7-11(14)19-12(10)15/h3-7,17H,2H2,1H3. The molecular weight excluding hydrogens is 305 g/mol. The molecule has 0 aliphatic rings. The van der Waals surface area contributed by atoms with Crippen LogP contribution in [0.1, 0.15) is 17.3 Å². The molecule has 100 valence electrons. The van der Waals surface area contributed by atoms with Gasteiger partial charge in [0.25, 0.3) is 5.91 Å². The molecule has 2 aromatic rings. The lowest BCUT2D eigenvalue weighted by molar-refractivity contribution is 0.0989. The summed E-state index contributed by atoms with van der Waals surface area (Å²) in [7, 11) is 0. The fraction of sp³-hybridized carbons (Fsp3) is 0.154. The summed E-state index contributed by atoms with van der Waals surface area (Å²) in [5.74, 6) is -0.126. The van der Waals surface area contributed by atoms with E-state index in [-0.39, 0.29) is 11.7 Å². The Hall–Kier alpha value is -1.23. The summed E-state index contributed by atoms with van der Waals surface area (Å²) < 4.78 is 0.842. The van der Waals surface area contributed by atoms with E-state index in [1.54, 1.807) is 24.3 Å². The second-order valence-electron chi connectivity index (χ2n) is 3.81. The van der Waals surface area contributed by atoms with E-state index in [2.05, 4.69) is 0 Å². The van der Waals surface area contributed by atoms with Crippen molar-refractivity contribution < 1.29 is 9.90 Å². The van der Waals surface area contributed by atoms with E-state index in [1.165, 1.54) is 11.0 Å². The summed E-state index contributed by atoms with van der Waals surface area (Å²) in [5, 5.41) is 9.49. The van der Waals surface area contributed by atoms with Gasteiger partial charge in [-0.25, -0.2) is 0 Å². The maximum atomic E-state index is 12.4. The molecule has 0 aliphatic carbocycles. The predicted octanol–water partition coefficient (Wildman–Crippen LogP) is 4.43. The van der Waals surface area contributed by atoms with Crippen molar-refractivity contribution in [3.8, 4) is 5.75 Å². The zero-order valence-electron chi connectivity index (χ0n) is 10.1. The number of carbonyl (C=O) groups excluding carboxylic acids is 1. The van der Waals surface area contributed by atoms with E-state index in [9.17, 15) is 9.90 Å². The lowest BCUT2D eigenvalue weighted by Gasteiger charge is -2.20. The molecule has 1 aromatic carbocycles. The second kappa shape index (κ2) is 5.82. The zero-order chi connectivity index (χ0) is 14.0. The number of amides is 1. The fourth-order valence-corrected chi connectivity index (χ4v) is 3.18. The Morgan fingerprint density at radius 1 is 1.37 bits per heavy atom. The highest BCUT2D eigenvalue weighted by molar-refractivity contribution is 7.20. The number of benzene rings is 1. The van der Waals surface area contributed by atoms with Crippen LogP contribution in [0.5, 0.6) is 5.75 Å². The molecule has 1 heterocycles. The van der Waals surface area contributed by atoms with Gasteiger partial charge >= 0.3 is 0 Å². The molecule has 3 nitrogen and oxygen atoms in total. The SMILES string of the molecule is CCN(C(=O)c1cc(Cl)sc1Cl)c1cccc(O)c1. The Kier molecular flexibility index (Phi) is 4.34. The largest absolute Gasteiger partial charge is 0.508 e. The van der Waals surface area contributed by atoms with Gasteiger partial charge in [-0.2, -0.15) is 0 Å². The van der Waals surface area contributed by atoms with Crippen LogP contribution in [0, 0.1) is 0 Å². The number of halogens is 2. The first kappa shape index (κ1) is 14.2. The Labute approximate surface area is 125 Å². The molecule has 1 N–H and O–H groups in total. The van der Waals surface area contributed by atoms with Crippen molar-refractivity contribution in [1.29, 1.82) is 0 Å². The molecule has 0 saturated heterocycles. The van der Waals surface area contributed by atoms with Crippen LogP contribution < -0.4 is 4.90 Å². The Balaban J connectivity index is 2.37. The number of anilines is 1. The summed E-state index contributed by atoms with van der Waals surface area (Å²) in [6.45, 7) is 2.32. The first-order valence-corrected chi connectivity index (χ1v) is 7.16. The van der Waals surface area contributed by atoms with Crippen LogP contribution in [-0.4, -0.2) is 17.6 Å². The van der Waals surface area contributed by atoms with Crippen LogP contribution in [0.25, 0.3) is 0 Å². The van der Waals surface area contributed by atoms with Crippen molar-refractivity contribution in [2.45, 2.75) is 6.92 Å².